The van der Waals surface area contributed by atoms with E-state index in [1.807, 2.05) is 40.3 Å². The molecule has 0 unspecified atom stereocenters. The van der Waals surface area contributed by atoms with E-state index in [2.05, 4.69) is 0 Å². The zero-order chi connectivity index (χ0) is 16.2. The van der Waals surface area contributed by atoms with E-state index in [1.54, 1.807) is 13.0 Å². The van der Waals surface area contributed by atoms with Crippen molar-refractivity contribution in [2.45, 2.75) is 19.4 Å². The molecule has 0 bridgehead atoms. The number of carbonyl (C=O) groups excluding carboxylic acids is 2. The molecule has 0 spiro atoms. The van der Waals surface area contributed by atoms with Gasteiger partial charge in [0.2, 0.25) is 0 Å². The minimum atomic E-state index is -0.523. The van der Waals surface area contributed by atoms with E-state index in [9.17, 15) is 9.59 Å². The molecule has 1 fully saturated rings. The molecule has 3 rings (SSSR count). The minimum Gasteiger partial charge on any atom is -0.464 e. The molecule has 0 radical (unpaired) electrons. The second kappa shape index (κ2) is 6.83. The van der Waals surface area contributed by atoms with Crippen LogP contribution in [0, 0.1) is 0 Å². The van der Waals surface area contributed by atoms with Gasteiger partial charge in [-0.05, 0) is 37.3 Å². The Kier molecular flexibility index (Phi) is 4.62. The largest absolute Gasteiger partial charge is 0.464 e. The van der Waals surface area contributed by atoms with E-state index in [-0.39, 0.29) is 11.8 Å². The van der Waals surface area contributed by atoms with E-state index in [0.29, 0.717) is 32.8 Å². The fraction of sp³-hybridized carbons (Fsp3) is 0.412. The van der Waals surface area contributed by atoms with Crippen molar-refractivity contribution in [1.82, 2.24) is 0 Å². The Balaban J connectivity index is 1.63. The van der Waals surface area contributed by atoms with Crippen LogP contribution in [-0.4, -0.2) is 44.3 Å². The molecule has 6 nitrogen and oxygen atoms in total. The molecule has 0 aromatic heterocycles. The van der Waals surface area contributed by atoms with Crippen LogP contribution >= 0.6 is 0 Å². The van der Waals surface area contributed by atoms with Crippen LogP contribution in [0.1, 0.15) is 13.3 Å². The Morgan fingerprint density at radius 3 is 2.70 bits per heavy atom. The number of allylic oxidation sites excluding steroid dienone is 1. The summed E-state index contributed by atoms with van der Waals surface area (Å²) in [7, 11) is 0. The van der Waals surface area contributed by atoms with E-state index >= 15 is 0 Å². The SMILES string of the molecule is CCOC(=O)[C@H]1CN(c2ccc(N3C=CC(=O)CC3)cc2)CO1. The maximum atomic E-state index is 11.7. The van der Waals surface area contributed by atoms with Crippen LogP contribution in [0.4, 0.5) is 11.4 Å². The molecular formula is C17H20N2O4. The summed E-state index contributed by atoms with van der Waals surface area (Å²) >= 11 is 0. The summed E-state index contributed by atoms with van der Waals surface area (Å²) in [6.45, 7) is 3.72. The quantitative estimate of drug-likeness (QED) is 0.788. The van der Waals surface area contributed by atoms with Crippen LogP contribution in [0.15, 0.2) is 36.5 Å². The topological polar surface area (TPSA) is 59.1 Å². The van der Waals surface area contributed by atoms with Crippen molar-refractivity contribution in [3.63, 3.8) is 0 Å². The highest BCUT2D eigenvalue weighted by atomic mass is 16.6. The summed E-state index contributed by atoms with van der Waals surface area (Å²) in [5.74, 6) is -0.146. The van der Waals surface area contributed by atoms with Gasteiger partial charge in [-0.1, -0.05) is 0 Å². The predicted octanol–water partition coefficient (Wildman–Crippen LogP) is 1.71. The Hall–Kier alpha value is -2.34. The van der Waals surface area contributed by atoms with Crippen LogP contribution in [0.3, 0.4) is 0 Å². The summed E-state index contributed by atoms with van der Waals surface area (Å²) in [5, 5.41) is 0. The lowest BCUT2D eigenvalue weighted by molar-refractivity contribution is -0.153. The first-order valence-corrected chi connectivity index (χ1v) is 7.78. The lowest BCUT2D eigenvalue weighted by atomic mass is 10.2. The Bertz CT molecular complexity index is 612. The molecule has 2 aliphatic rings. The summed E-state index contributed by atoms with van der Waals surface area (Å²) < 4.78 is 10.5. The van der Waals surface area contributed by atoms with Gasteiger partial charge in [0.05, 0.1) is 13.2 Å². The smallest absolute Gasteiger partial charge is 0.337 e. The minimum absolute atomic E-state index is 0.164. The number of benzene rings is 1. The summed E-state index contributed by atoms with van der Waals surface area (Å²) in [4.78, 5) is 27.0. The predicted molar refractivity (Wildman–Crippen MR) is 86.3 cm³/mol. The maximum Gasteiger partial charge on any atom is 0.337 e. The van der Waals surface area contributed by atoms with Gasteiger partial charge >= 0.3 is 5.97 Å². The number of rotatable bonds is 4. The van der Waals surface area contributed by atoms with Gasteiger partial charge in [0.15, 0.2) is 11.9 Å². The normalized spacial score (nSPS) is 20.9. The van der Waals surface area contributed by atoms with E-state index < -0.39 is 6.10 Å². The lowest BCUT2D eigenvalue weighted by Gasteiger charge is -2.24. The molecule has 0 aliphatic carbocycles. The van der Waals surface area contributed by atoms with Crippen molar-refractivity contribution >= 4 is 23.1 Å². The molecule has 1 saturated heterocycles. The van der Waals surface area contributed by atoms with Gasteiger partial charge in [-0.3, -0.25) is 4.79 Å². The number of esters is 1. The number of nitrogens with zero attached hydrogens (tertiary/aromatic N) is 2. The molecule has 2 aliphatic heterocycles. The van der Waals surface area contributed by atoms with Crippen molar-refractivity contribution in [1.29, 1.82) is 0 Å². The molecule has 23 heavy (non-hydrogen) atoms. The molecule has 0 amide bonds. The molecular weight excluding hydrogens is 296 g/mol. The molecule has 122 valence electrons. The van der Waals surface area contributed by atoms with Gasteiger partial charge in [-0.2, -0.15) is 0 Å². The van der Waals surface area contributed by atoms with Crippen molar-refractivity contribution < 1.29 is 19.1 Å². The van der Waals surface area contributed by atoms with Gasteiger partial charge in [-0.15, -0.1) is 0 Å². The molecule has 1 aromatic carbocycles. The molecule has 2 heterocycles. The standard InChI is InChI=1S/C17H20N2O4/c1-2-22-17(21)16-11-19(12-23-16)14-5-3-13(4-6-14)18-9-7-15(20)8-10-18/h3-7,9,16H,2,8,10-12H2,1H3/t16-/m1/s1. The van der Waals surface area contributed by atoms with Crippen LogP contribution in [0.5, 0.6) is 0 Å². The number of ketones is 1. The fourth-order valence-electron chi connectivity index (χ4n) is 2.67. The highest BCUT2D eigenvalue weighted by molar-refractivity contribution is 5.91. The molecule has 0 N–H and O–H groups in total. The second-order valence-corrected chi connectivity index (χ2v) is 5.50. The van der Waals surface area contributed by atoms with E-state index in [4.69, 9.17) is 9.47 Å². The zero-order valence-corrected chi connectivity index (χ0v) is 13.1. The van der Waals surface area contributed by atoms with Crippen LogP contribution in [-0.2, 0) is 19.1 Å². The number of ether oxygens (including phenoxy) is 2. The lowest BCUT2D eigenvalue weighted by Crippen LogP contribution is -2.28. The van der Waals surface area contributed by atoms with Crippen molar-refractivity contribution in [3.8, 4) is 0 Å². The molecule has 0 saturated carbocycles. The highest BCUT2D eigenvalue weighted by Crippen LogP contribution is 2.25. The van der Waals surface area contributed by atoms with Gasteiger partial charge < -0.3 is 19.3 Å². The number of hydrogen-bond acceptors (Lipinski definition) is 6. The molecule has 1 aromatic rings. The Labute approximate surface area is 135 Å². The zero-order valence-electron chi connectivity index (χ0n) is 13.1. The van der Waals surface area contributed by atoms with E-state index in [1.165, 1.54) is 0 Å². The van der Waals surface area contributed by atoms with Crippen molar-refractivity contribution in [2.75, 3.05) is 36.2 Å². The van der Waals surface area contributed by atoms with Crippen molar-refractivity contribution in [3.05, 3.63) is 36.5 Å². The first-order chi connectivity index (χ1) is 11.2. The average Bonchev–Trinajstić information content (AvgIpc) is 3.06. The first-order valence-electron chi connectivity index (χ1n) is 7.78. The molecule has 6 heteroatoms. The summed E-state index contributed by atoms with van der Waals surface area (Å²) in [6.07, 6.45) is 3.44. The van der Waals surface area contributed by atoms with Gasteiger partial charge in [-0.25, -0.2) is 4.79 Å². The van der Waals surface area contributed by atoms with Gasteiger partial charge in [0.1, 0.15) is 6.73 Å². The van der Waals surface area contributed by atoms with Crippen molar-refractivity contribution in [2.24, 2.45) is 0 Å². The van der Waals surface area contributed by atoms with Gasteiger partial charge in [0, 0.05) is 30.5 Å². The van der Waals surface area contributed by atoms with Crippen LogP contribution in [0.2, 0.25) is 0 Å². The second-order valence-electron chi connectivity index (χ2n) is 5.50. The number of anilines is 2. The Morgan fingerprint density at radius 2 is 2.04 bits per heavy atom. The first kappa shape index (κ1) is 15.6. The maximum absolute atomic E-state index is 11.7. The molecule has 1 atom stereocenters. The highest BCUT2D eigenvalue weighted by Gasteiger charge is 2.30. The number of carbonyl (C=O) groups is 2. The third kappa shape index (κ3) is 3.53. The summed E-state index contributed by atoms with van der Waals surface area (Å²) in [5.41, 5.74) is 2.04. The van der Waals surface area contributed by atoms with Crippen LogP contribution < -0.4 is 9.80 Å². The number of hydrogen-bond donors (Lipinski definition) is 0. The van der Waals surface area contributed by atoms with Gasteiger partial charge in [0.25, 0.3) is 0 Å². The summed E-state index contributed by atoms with van der Waals surface area (Å²) in [6, 6.07) is 8.01. The third-order valence-electron chi connectivity index (χ3n) is 3.95. The monoisotopic (exact) mass is 316 g/mol. The van der Waals surface area contributed by atoms with Crippen LogP contribution in [0.25, 0.3) is 0 Å². The third-order valence-corrected chi connectivity index (χ3v) is 3.95. The average molecular weight is 316 g/mol. The Morgan fingerprint density at radius 1 is 1.30 bits per heavy atom. The fourth-order valence-corrected chi connectivity index (χ4v) is 2.67. The van der Waals surface area contributed by atoms with E-state index in [0.717, 1.165) is 11.4 Å².